The zero-order chi connectivity index (χ0) is 16.4. The first kappa shape index (κ1) is 15.4. The first-order valence-corrected chi connectivity index (χ1v) is 7.62. The molecule has 5 nitrogen and oxygen atoms in total. The van der Waals surface area contributed by atoms with E-state index in [2.05, 4.69) is 5.32 Å². The minimum atomic E-state index is -0.522. The van der Waals surface area contributed by atoms with Crippen LogP contribution in [-0.2, 0) is 14.4 Å². The second kappa shape index (κ2) is 6.32. The number of carbonyl (C=O) groups is 3. The number of nitrogens with zero attached hydrogens (tertiary/aromatic N) is 1. The molecule has 0 aromatic heterocycles. The molecule has 2 aliphatic rings. The Bertz CT molecular complexity index is 660. The van der Waals surface area contributed by atoms with Gasteiger partial charge in [-0.1, -0.05) is 24.3 Å². The molecule has 120 valence electrons. The number of nitrogens with one attached hydrogen (secondary N) is 1. The number of benzene rings is 1. The summed E-state index contributed by atoms with van der Waals surface area (Å²) in [5, 5.41) is 2.45. The Labute approximate surface area is 133 Å². The number of fused-ring (bicyclic) bond motifs is 1. The topological polar surface area (TPSA) is 66.5 Å². The van der Waals surface area contributed by atoms with Gasteiger partial charge in [0.25, 0.3) is 0 Å². The van der Waals surface area contributed by atoms with Crippen LogP contribution in [0.15, 0.2) is 36.4 Å². The van der Waals surface area contributed by atoms with Crippen LogP contribution in [0.4, 0.5) is 10.1 Å². The third-order valence-corrected chi connectivity index (χ3v) is 4.31. The van der Waals surface area contributed by atoms with Crippen LogP contribution >= 0.6 is 0 Å². The second-order valence-corrected chi connectivity index (χ2v) is 5.76. The molecule has 1 saturated heterocycles. The van der Waals surface area contributed by atoms with Crippen LogP contribution in [0.1, 0.15) is 19.3 Å². The fourth-order valence-corrected chi connectivity index (χ4v) is 3.08. The van der Waals surface area contributed by atoms with Crippen molar-refractivity contribution in [2.75, 3.05) is 11.9 Å². The van der Waals surface area contributed by atoms with Crippen molar-refractivity contribution in [3.63, 3.8) is 0 Å². The van der Waals surface area contributed by atoms with Crippen molar-refractivity contribution >= 4 is 23.4 Å². The molecule has 3 rings (SSSR count). The lowest BCUT2D eigenvalue weighted by atomic mass is 9.85. The molecule has 23 heavy (non-hydrogen) atoms. The Kier molecular flexibility index (Phi) is 4.23. The number of likely N-dealkylation sites (tertiary alicyclic amines) is 1. The molecule has 2 atom stereocenters. The third kappa shape index (κ3) is 3.02. The van der Waals surface area contributed by atoms with Gasteiger partial charge in [-0.2, -0.15) is 0 Å². The summed E-state index contributed by atoms with van der Waals surface area (Å²) in [6.07, 6.45) is 4.94. The van der Waals surface area contributed by atoms with E-state index in [1.807, 2.05) is 12.2 Å². The summed E-state index contributed by atoms with van der Waals surface area (Å²) in [7, 11) is 0. The summed E-state index contributed by atoms with van der Waals surface area (Å²) in [5.74, 6) is -1.94. The van der Waals surface area contributed by atoms with Gasteiger partial charge in [0.2, 0.25) is 17.7 Å². The van der Waals surface area contributed by atoms with Gasteiger partial charge >= 0.3 is 0 Å². The predicted octanol–water partition coefficient (Wildman–Crippen LogP) is 2.11. The van der Waals surface area contributed by atoms with E-state index in [4.69, 9.17) is 0 Å². The molecule has 1 N–H and O–H groups in total. The first-order chi connectivity index (χ1) is 11.1. The van der Waals surface area contributed by atoms with Crippen LogP contribution in [0.2, 0.25) is 0 Å². The summed E-state index contributed by atoms with van der Waals surface area (Å²) >= 11 is 0. The van der Waals surface area contributed by atoms with Crippen molar-refractivity contribution in [2.24, 2.45) is 11.8 Å². The molecule has 0 spiro atoms. The molecule has 3 amide bonds. The molecule has 1 aliphatic carbocycles. The van der Waals surface area contributed by atoms with Gasteiger partial charge in [-0.05, 0) is 25.0 Å². The standard InChI is InChI=1S/C17H17FN2O3/c18-13-7-3-4-8-14(13)19-15(21)9-10-20-16(22)11-5-1-2-6-12(11)17(20)23/h1-4,7-8,11-12H,5-6,9-10H2,(H,19,21)/t11-,12+. The third-order valence-electron chi connectivity index (χ3n) is 4.31. The van der Waals surface area contributed by atoms with Crippen LogP contribution < -0.4 is 5.32 Å². The molecule has 0 unspecified atom stereocenters. The summed E-state index contributed by atoms with van der Waals surface area (Å²) < 4.78 is 13.5. The van der Waals surface area contributed by atoms with Gasteiger partial charge in [-0.25, -0.2) is 4.39 Å². The number of amides is 3. The fraction of sp³-hybridized carbons (Fsp3) is 0.353. The summed E-state index contributed by atoms with van der Waals surface area (Å²) in [6, 6.07) is 5.85. The van der Waals surface area contributed by atoms with Crippen LogP contribution in [0.25, 0.3) is 0 Å². The van der Waals surface area contributed by atoms with Crippen LogP contribution in [0.5, 0.6) is 0 Å². The largest absolute Gasteiger partial charge is 0.324 e. The molecule has 0 bridgehead atoms. The number of hydrogen-bond donors (Lipinski definition) is 1. The van der Waals surface area contributed by atoms with Gasteiger partial charge < -0.3 is 5.32 Å². The van der Waals surface area contributed by atoms with E-state index in [1.54, 1.807) is 6.07 Å². The quantitative estimate of drug-likeness (QED) is 0.683. The molecule has 6 heteroatoms. The van der Waals surface area contributed by atoms with Gasteiger partial charge in [0, 0.05) is 13.0 Å². The number of halogens is 1. The van der Waals surface area contributed by atoms with Gasteiger partial charge in [-0.15, -0.1) is 0 Å². The maximum atomic E-state index is 13.5. The van der Waals surface area contributed by atoms with Gasteiger partial charge in [0.15, 0.2) is 0 Å². The Balaban J connectivity index is 1.58. The summed E-state index contributed by atoms with van der Waals surface area (Å²) in [5.41, 5.74) is 0.0921. The number of allylic oxidation sites excluding steroid dienone is 2. The SMILES string of the molecule is O=C(CCN1C(=O)[C@H]2CC=CC[C@H]2C1=O)Nc1ccccc1F. The lowest BCUT2D eigenvalue weighted by Gasteiger charge is -2.14. The van der Waals surface area contributed by atoms with Crippen molar-refractivity contribution in [3.05, 3.63) is 42.2 Å². The molecular weight excluding hydrogens is 299 g/mol. The number of carbonyl (C=O) groups excluding carboxylic acids is 3. The van der Waals surface area contributed by atoms with Crippen LogP contribution in [0, 0.1) is 17.7 Å². The average Bonchev–Trinajstić information content (AvgIpc) is 2.80. The van der Waals surface area contributed by atoms with Crippen molar-refractivity contribution in [3.8, 4) is 0 Å². The highest BCUT2D eigenvalue weighted by Gasteiger charge is 2.46. The minimum absolute atomic E-state index is 0.0327. The van der Waals surface area contributed by atoms with E-state index in [0.29, 0.717) is 12.8 Å². The summed E-state index contributed by atoms with van der Waals surface area (Å²) in [6.45, 7) is 0.0327. The summed E-state index contributed by atoms with van der Waals surface area (Å²) in [4.78, 5) is 37.6. The van der Waals surface area contributed by atoms with Crippen molar-refractivity contribution < 1.29 is 18.8 Å². The first-order valence-electron chi connectivity index (χ1n) is 7.62. The fourth-order valence-electron chi connectivity index (χ4n) is 3.08. The van der Waals surface area contributed by atoms with E-state index in [-0.39, 0.29) is 42.3 Å². The molecule has 0 radical (unpaired) electrons. The number of imide groups is 1. The molecule has 1 aliphatic heterocycles. The zero-order valence-corrected chi connectivity index (χ0v) is 12.5. The minimum Gasteiger partial charge on any atom is -0.324 e. The van der Waals surface area contributed by atoms with Crippen molar-refractivity contribution in [1.82, 2.24) is 4.90 Å². The lowest BCUT2D eigenvalue weighted by Crippen LogP contribution is -2.34. The highest BCUT2D eigenvalue weighted by molar-refractivity contribution is 6.05. The van der Waals surface area contributed by atoms with Crippen molar-refractivity contribution in [1.29, 1.82) is 0 Å². The molecule has 0 saturated carbocycles. The molecule has 1 heterocycles. The van der Waals surface area contributed by atoms with E-state index >= 15 is 0 Å². The number of hydrogen-bond acceptors (Lipinski definition) is 3. The van der Waals surface area contributed by atoms with E-state index in [0.717, 1.165) is 0 Å². The molecule has 1 aromatic rings. The zero-order valence-electron chi connectivity index (χ0n) is 12.5. The lowest BCUT2D eigenvalue weighted by molar-refractivity contribution is -0.140. The van der Waals surface area contributed by atoms with E-state index in [9.17, 15) is 18.8 Å². The smallest absolute Gasteiger partial charge is 0.233 e. The van der Waals surface area contributed by atoms with Crippen LogP contribution in [-0.4, -0.2) is 29.2 Å². The van der Waals surface area contributed by atoms with Gasteiger partial charge in [0.05, 0.1) is 17.5 Å². The van der Waals surface area contributed by atoms with Crippen molar-refractivity contribution in [2.45, 2.75) is 19.3 Å². The number of rotatable bonds is 4. The number of para-hydroxylation sites is 1. The second-order valence-electron chi connectivity index (χ2n) is 5.76. The average molecular weight is 316 g/mol. The van der Waals surface area contributed by atoms with E-state index < -0.39 is 11.7 Å². The Hall–Kier alpha value is -2.50. The Morgan fingerprint density at radius 3 is 2.35 bits per heavy atom. The Morgan fingerprint density at radius 2 is 1.74 bits per heavy atom. The highest BCUT2D eigenvalue weighted by atomic mass is 19.1. The van der Waals surface area contributed by atoms with Gasteiger partial charge in [0.1, 0.15) is 5.82 Å². The molecule has 1 aromatic carbocycles. The number of anilines is 1. The highest BCUT2D eigenvalue weighted by Crippen LogP contribution is 2.35. The monoisotopic (exact) mass is 316 g/mol. The molecule has 1 fully saturated rings. The van der Waals surface area contributed by atoms with Crippen LogP contribution in [0.3, 0.4) is 0 Å². The van der Waals surface area contributed by atoms with E-state index in [1.165, 1.54) is 23.1 Å². The predicted molar refractivity (Wildman–Crippen MR) is 81.7 cm³/mol. The normalized spacial score (nSPS) is 23.1. The van der Waals surface area contributed by atoms with Gasteiger partial charge in [-0.3, -0.25) is 19.3 Å². The Morgan fingerprint density at radius 1 is 1.13 bits per heavy atom. The maximum absolute atomic E-state index is 13.5. The maximum Gasteiger partial charge on any atom is 0.233 e. The molecular formula is C17H17FN2O3.